The van der Waals surface area contributed by atoms with Crippen LogP contribution in [0.3, 0.4) is 0 Å². The lowest BCUT2D eigenvalue weighted by Crippen LogP contribution is -2.22. The van der Waals surface area contributed by atoms with Crippen LogP contribution in [0.5, 0.6) is 0 Å². The number of carbonyl (C=O) groups is 1. The molecule has 0 spiro atoms. The number of hydrogen-bond donors (Lipinski definition) is 0. The van der Waals surface area contributed by atoms with E-state index in [9.17, 15) is 18.0 Å². The molecule has 5 heteroatoms. The summed E-state index contributed by atoms with van der Waals surface area (Å²) < 4.78 is 36.4. The molecule has 0 saturated heterocycles. The van der Waals surface area contributed by atoms with Crippen molar-refractivity contribution in [3.63, 3.8) is 0 Å². The van der Waals surface area contributed by atoms with Crippen LogP contribution in [-0.2, 0) is 6.42 Å². The molecule has 78 valence electrons. The maximum absolute atomic E-state index is 12.1. The van der Waals surface area contributed by atoms with Gasteiger partial charge in [-0.1, -0.05) is 6.92 Å². The molecule has 1 aromatic rings. The number of Topliss-reactive ketones (excluding diaryl/α,β-unsaturated/α-hetero) is 1. The summed E-state index contributed by atoms with van der Waals surface area (Å²) in [6.45, 7) is 3.42. The Bertz CT molecular complexity index is 351. The summed E-state index contributed by atoms with van der Waals surface area (Å²) in [6, 6.07) is 1.63. The van der Waals surface area contributed by atoms with Gasteiger partial charge < -0.3 is 0 Å². The van der Waals surface area contributed by atoms with E-state index in [-0.39, 0.29) is 4.88 Å². The molecule has 14 heavy (non-hydrogen) atoms. The fraction of sp³-hybridized carbons (Fsp3) is 0.444. The molecule has 0 aliphatic rings. The molecular weight excluding hydrogens is 213 g/mol. The third-order valence-electron chi connectivity index (χ3n) is 1.78. The van der Waals surface area contributed by atoms with Crippen molar-refractivity contribution in [2.75, 3.05) is 0 Å². The summed E-state index contributed by atoms with van der Waals surface area (Å²) in [6.07, 6.45) is -4.32. The van der Waals surface area contributed by atoms with E-state index in [4.69, 9.17) is 0 Å². The molecular formula is C9H9F3OS. The van der Waals surface area contributed by atoms with Crippen LogP contribution in [0.2, 0.25) is 0 Å². The van der Waals surface area contributed by atoms with E-state index in [0.29, 0.717) is 12.0 Å². The zero-order valence-electron chi connectivity index (χ0n) is 7.73. The number of hydrogen-bond acceptors (Lipinski definition) is 2. The van der Waals surface area contributed by atoms with E-state index in [1.165, 1.54) is 0 Å². The van der Waals surface area contributed by atoms with Crippen molar-refractivity contribution in [3.8, 4) is 0 Å². The highest BCUT2D eigenvalue weighted by Crippen LogP contribution is 2.29. The molecule has 0 fully saturated rings. The smallest absolute Gasteiger partial charge is 0.283 e. The minimum atomic E-state index is -4.76. The van der Waals surface area contributed by atoms with E-state index in [1.807, 2.05) is 0 Å². The Morgan fingerprint density at radius 3 is 2.50 bits per heavy atom. The standard InChI is InChI=1S/C9H9F3OS/c1-3-6-4-5(2)14-7(6)8(13)9(10,11)12/h4H,3H2,1-2H3. The average Bonchev–Trinajstić information content (AvgIpc) is 2.43. The van der Waals surface area contributed by atoms with Crippen LogP contribution in [0.15, 0.2) is 6.07 Å². The second-order valence-corrected chi connectivity index (χ2v) is 4.15. The largest absolute Gasteiger partial charge is 0.455 e. The lowest BCUT2D eigenvalue weighted by Gasteiger charge is -2.04. The van der Waals surface area contributed by atoms with E-state index >= 15 is 0 Å². The predicted molar refractivity (Wildman–Crippen MR) is 48.8 cm³/mol. The highest BCUT2D eigenvalue weighted by Gasteiger charge is 2.41. The van der Waals surface area contributed by atoms with Gasteiger partial charge >= 0.3 is 6.18 Å². The van der Waals surface area contributed by atoms with Gasteiger partial charge in [-0.2, -0.15) is 13.2 Å². The Labute approximate surface area is 83.6 Å². The van der Waals surface area contributed by atoms with Crippen molar-refractivity contribution < 1.29 is 18.0 Å². The summed E-state index contributed by atoms with van der Waals surface area (Å²) in [7, 11) is 0. The number of thiophene rings is 1. The summed E-state index contributed by atoms with van der Waals surface area (Å²) in [5.74, 6) is -1.73. The SMILES string of the molecule is CCc1cc(C)sc1C(=O)C(F)(F)F. The number of halogens is 3. The third-order valence-corrected chi connectivity index (χ3v) is 2.87. The minimum absolute atomic E-state index is 0.169. The Hall–Kier alpha value is -0.840. The average molecular weight is 222 g/mol. The number of alkyl halides is 3. The second-order valence-electron chi connectivity index (χ2n) is 2.89. The quantitative estimate of drug-likeness (QED) is 0.701. The molecule has 0 saturated carbocycles. The third kappa shape index (κ3) is 2.15. The van der Waals surface area contributed by atoms with Crippen molar-refractivity contribution in [1.29, 1.82) is 0 Å². The minimum Gasteiger partial charge on any atom is -0.283 e. The van der Waals surface area contributed by atoms with Gasteiger partial charge in [0, 0.05) is 4.88 Å². The second kappa shape index (κ2) is 3.73. The van der Waals surface area contributed by atoms with Crippen LogP contribution >= 0.6 is 11.3 Å². The lowest BCUT2D eigenvalue weighted by molar-refractivity contribution is -0.0883. The Morgan fingerprint density at radius 1 is 1.50 bits per heavy atom. The summed E-state index contributed by atoms with van der Waals surface area (Å²) in [5, 5.41) is 0. The molecule has 1 rings (SSSR count). The van der Waals surface area contributed by atoms with Gasteiger partial charge in [0.05, 0.1) is 4.88 Å². The van der Waals surface area contributed by atoms with Crippen LogP contribution in [0.4, 0.5) is 13.2 Å². The molecule has 0 atom stereocenters. The molecule has 0 radical (unpaired) electrons. The summed E-state index contributed by atoms with van der Waals surface area (Å²) in [5.41, 5.74) is 0.481. The fourth-order valence-corrected chi connectivity index (χ4v) is 2.22. The number of ketones is 1. The zero-order chi connectivity index (χ0) is 10.9. The molecule has 0 unspecified atom stereocenters. The lowest BCUT2D eigenvalue weighted by atomic mass is 10.1. The number of carbonyl (C=O) groups excluding carboxylic acids is 1. The fourth-order valence-electron chi connectivity index (χ4n) is 1.15. The molecule has 1 aromatic heterocycles. The first kappa shape index (κ1) is 11.2. The van der Waals surface area contributed by atoms with Crippen molar-refractivity contribution in [3.05, 3.63) is 21.4 Å². The molecule has 0 N–H and O–H groups in total. The first-order valence-electron chi connectivity index (χ1n) is 4.07. The maximum Gasteiger partial charge on any atom is 0.455 e. The molecule has 0 aliphatic carbocycles. The van der Waals surface area contributed by atoms with Gasteiger partial charge in [-0.15, -0.1) is 11.3 Å². The number of aryl methyl sites for hydroxylation is 2. The highest BCUT2D eigenvalue weighted by atomic mass is 32.1. The topological polar surface area (TPSA) is 17.1 Å². The first-order valence-corrected chi connectivity index (χ1v) is 4.88. The van der Waals surface area contributed by atoms with Gasteiger partial charge in [0.1, 0.15) is 0 Å². The predicted octanol–water partition coefficient (Wildman–Crippen LogP) is 3.36. The maximum atomic E-state index is 12.1. The molecule has 0 amide bonds. The van der Waals surface area contributed by atoms with Gasteiger partial charge in [0.2, 0.25) is 0 Å². The molecule has 1 heterocycles. The van der Waals surface area contributed by atoms with Gasteiger partial charge in [-0.3, -0.25) is 4.79 Å². The molecule has 1 nitrogen and oxygen atoms in total. The molecule has 0 bridgehead atoms. The van der Waals surface area contributed by atoms with Crippen LogP contribution < -0.4 is 0 Å². The first-order chi connectivity index (χ1) is 6.36. The summed E-state index contributed by atoms with van der Waals surface area (Å²) in [4.78, 5) is 11.5. The Morgan fingerprint density at radius 2 is 2.07 bits per heavy atom. The van der Waals surface area contributed by atoms with E-state index < -0.39 is 12.0 Å². The van der Waals surface area contributed by atoms with Crippen LogP contribution in [0, 0.1) is 6.92 Å². The van der Waals surface area contributed by atoms with E-state index in [1.54, 1.807) is 19.9 Å². The van der Waals surface area contributed by atoms with Gasteiger partial charge in [0.15, 0.2) is 0 Å². The molecule has 0 aliphatic heterocycles. The van der Waals surface area contributed by atoms with Crippen LogP contribution in [0.1, 0.15) is 27.0 Å². The van der Waals surface area contributed by atoms with Crippen LogP contribution in [-0.4, -0.2) is 12.0 Å². The van der Waals surface area contributed by atoms with Crippen molar-refractivity contribution >= 4 is 17.1 Å². The van der Waals surface area contributed by atoms with Gasteiger partial charge in [-0.25, -0.2) is 0 Å². The number of rotatable bonds is 2. The van der Waals surface area contributed by atoms with Crippen molar-refractivity contribution in [2.24, 2.45) is 0 Å². The van der Waals surface area contributed by atoms with Gasteiger partial charge in [-0.05, 0) is 25.0 Å². The summed E-state index contributed by atoms with van der Waals surface area (Å²) >= 11 is 0.904. The van der Waals surface area contributed by atoms with Crippen LogP contribution in [0.25, 0.3) is 0 Å². The van der Waals surface area contributed by atoms with Gasteiger partial charge in [0.25, 0.3) is 5.78 Å². The van der Waals surface area contributed by atoms with E-state index in [0.717, 1.165) is 16.2 Å². The Kier molecular flexibility index (Phi) is 2.99. The Balaban J connectivity index is 3.12. The normalized spacial score (nSPS) is 11.8. The van der Waals surface area contributed by atoms with Crippen molar-refractivity contribution in [2.45, 2.75) is 26.4 Å². The highest BCUT2D eigenvalue weighted by molar-refractivity contribution is 7.14. The monoisotopic (exact) mass is 222 g/mol. The molecule has 0 aromatic carbocycles. The van der Waals surface area contributed by atoms with Crippen molar-refractivity contribution in [1.82, 2.24) is 0 Å². The zero-order valence-corrected chi connectivity index (χ0v) is 8.55. The van der Waals surface area contributed by atoms with E-state index in [2.05, 4.69) is 0 Å².